The topological polar surface area (TPSA) is 15.3 Å². The number of hydrogen-bond donors (Lipinski definition) is 1. The Kier molecular flexibility index (Phi) is 4.00. The highest BCUT2D eigenvalue weighted by Crippen LogP contribution is 2.20. The third kappa shape index (κ3) is 3.68. The van der Waals surface area contributed by atoms with Crippen molar-refractivity contribution >= 4 is 0 Å². The van der Waals surface area contributed by atoms with Gasteiger partial charge in [0.25, 0.3) is 0 Å². The summed E-state index contributed by atoms with van der Waals surface area (Å²) in [6.45, 7) is 8.53. The van der Waals surface area contributed by atoms with Crippen LogP contribution in [0.3, 0.4) is 0 Å². The zero-order valence-electron chi connectivity index (χ0n) is 11.7. The van der Waals surface area contributed by atoms with Crippen molar-refractivity contribution < 1.29 is 0 Å². The van der Waals surface area contributed by atoms with Crippen LogP contribution in [-0.4, -0.2) is 30.6 Å². The monoisotopic (exact) mass is 256 g/mol. The summed E-state index contributed by atoms with van der Waals surface area (Å²) >= 11 is 0. The van der Waals surface area contributed by atoms with Gasteiger partial charge in [-0.25, -0.2) is 0 Å². The Morgan fingerprint density at radius 1 is 1.26 bits per heavy atom. The minimum atomic E-state index is 0.779. The van der Waals surface area contributed by atoms with Crippen LogP contribution in [0.1, 0.15) is 30.4 Å². The van der Waals surface area contributed by atoms with Crippen LogP contribution < -0.4 is 5.32 Å². The van der Waals surface area contributed by atoms with Crippen LogP contribution in [0.2, 0.25) is 0 Å². The Hall–Kier alpha value is -1.12. The van der Waals surface area contributed by atoms with Gasteiger partial charge in [-0.3, -0.25) is 4.90 Å². The van der Waals surface area contributed by atoms with E-state index in [1.807, 2.05) is 0 Å². The molecule has 0 atom stereocenters. The van der Waals surface area contributed by atoms with E-state index in [-0.39, 0.29) is 0 Å². The van der Waals surface area contributed by atoms with Gasteiger partial charge in [0.15, 0.2) is 0 Å². The second kappa shape index (κ2) is 5.89. The molecule has 102 valence electrons. The lowest BCUT2D eigenvalue weighted by atomic mass is 10.0. The quantitative estimate of drug-likeness (QED) is 0.815. The molecule has 2 aliphatic rings. The van der Waals surface area contributed by atoms with E-state index in [0.29, 0.717) is 0 Å². The van der Waals surface area contributed by atoms with Crippen molar-refractivity contribution in [2.24, 2.45) is 0 Å². The second-order valence-corrected chi connectivity index (χ2v) is 5.99. The highest BCUT2D eigenvalue weighted by Gasteiger charge is 2.20. The number of rotatable bonds is 5. The molecular weight excluding hydrogens is 232 g/mol. The highest BCUT2D eigenvalue weighted by molar-refractivity contribution is 5.28. The first-order chi connectivity index (χ1) is 9.31. The van der Waals surface area contributed by atoms with Gasteiger partial charge in [-0.15, -0.1) is 0 Å². The molecule has 0 saturated heterocycles. The molecule has 2 nitrogen and oxygen atoms in total. The molecule has 1 aliphatic heterocycles. The maximum atomic E-state index is 4.23. The first kappa shape index (κ1) is 12.9. The molecule has 0 unspecified atom stereocenters. The maximum absolute atomic E-state index is 4.23. The molecule has 19 heavy (non-hydrogen) atoms. The Balaban J connectivity index is 1.54. The molecule has 0 radical (unpaired) electrons. The first-order valence-electron chi connectivity index (χ1n) is 7.50. The number of aryl methyl sites for hydroxylation is 1. The fourth-order valence-electron chi connectivity index (χ4n) is 2.85. The number of nitrogens with zero attached hydrogens (tertiary/aromatic N) is 1. The molecule has 0 aromatic heterocycles. The molecule has 3 rings (SSSR count). The normalized spacial score (nSPS) is 19.8. The van der Waals surface area contributed by atoms with E-state index in [1.54, 1.807) is 0 Å². The van der Waals surface area contributed by atoms with Gasteiger partial charge < -0.3 is 5.32 Å². The van der Waals surface area contributed by atoms with Gasteiger partial charge in [-0.1, -0.05) is 30.8 Å². The zero-order valence-corrected chi connectivity index (χ0v) is 11.7. The highest BCUT2D eigenvalue weighted by atomic mass is 15.1. The summed E-state index contributed by atoms with van der Waals surface area (Å²) in [5.41, 5.74) is 4.36. The Morgan fingerprint density at radius 3 is 2.84 bits per heavy atom. The summed E-state index contributed by atoms with van der Waals surface area (Å²) in [5.74, 6) is 0. The smallest absolute Gasteiger partial charge is 0.0239 e. The van der Waals surface area contributed by atoms with Gasteiger partial charge in [0.2, 0.25) is 0 Å². The lowest BCUT2D eigenvalue weighted by Gasteiger charge is -2.22. The predicted octanol–water partition coefficient (Wildman–Crippen LogP) is 2.74. The average Bonchev–Trinajstić information content (AvgIpc) is 3.23. The molecule has 1 saturated carbocycles. The fraction of sp³-hybridized carbons (Fsp3) is 0.529. The van der Waals surface area contributed by atoms with Crippen molar-refractivity contribution in [1.82, 2.24) is 10.2 Å². The van der Waals surface area contributed by atoms with Crippen LogP contribution in [0, 0.1) is 0 Å². The van der Waals surface area contributed by atoms with Crippen LogP contribution in [-0.2, 0) is 13.0 Å². The molecule has 0 bridgehead atoms. The lowest BCUT2D eigenvalue weighted by molar-refractivity contribution is 0.290. The molecular formula is C17H24N2. The molecule has 1 fully saturated rings. The van der Waals surface area contributed by atoms with Gasteiger partial charge in [-0.05, 0) is 48.9 Å². The van der Waals surface area contributed by atoms with Gasteiger partial charge in [0, 0.05) is 25.7 Å². The number of fused-ring (bicyclic) bond motifs is 1. The summed E-state index contributed by atoms with van der Waals surface area (Å²) in [6, 6.07) is 9.65. The molecule has 0 spiro atoms. The van der Waals surface area contributed by atoms with Crippen LogP contribution >= 0.6 is 0 Å². The average molecular weight is 256 g/mol. The maximum Gasteiger partial charge on any atom is 0.0239 e. The Bertz CT molecular complexity index is 448. The molecule has 0 amide bonds. The van der Waals surface area contributed by atoms with E-state index < -0.39 is 0 Å². The van der Waals surface area contributed by atoms with Crippen molar-refractivity contribution in [3.63, 3.8) is 0 Å². The van der Waals surface area contributed by atoms with Crippen molar-refractivity contribution in [3.8, 4) is 0 Å². The van der Waals surface area contributed by atoms with Crippen molar-refractivity contribution in [2.75, 3.05) is 19.6 Å². The molecule has 1 aliphatic carbocycles. The molecule has 1 heterocycles. The lowest BCUT2D eigenvalue weighted by Crippen LogP contribution is -2.29. The molecule has 2 heteroatoms. The van der Waals surface area contributed by atoms with Gasteiger partial charge in [-0.2, -0.15) is 0 Å². The number of benzene rings is 1. The first-order valence-corrected chi connectivity index (χ1v) is 7.50. The number of hydrogen-bond acceptors (Lipinski definition) is 2. The second-order valence-electron chi connectivity index (χ2n) is 5.99. The van der Waals surface area contributed by atoms with E-state index in [1.165, 1.54) is 48.9 Å². The Labute approximate surface area is 116 Å². The minimum Gasteiger partial charge on any atom is -0.310 e. The van der Waals surface area contributed by atoms with E-state index in [2.05, 4.69) is 41.1 Å². The summed E-state index contributed by atoms with van der Waals surface area (Å²) in [7, 11) is 0. The molecule has 1 aromatic rings. The summed E-state index contributed by atoms with van der Waals surface area (Å²) < 4.78 is 0. The minimum absolute atomic E-state index is 0.779. The number of nitrogens with one attached hydrogen (secondary N) is 1. The van der Waals surface area contributed by atoms with E-state index in [4.69, 9.17) is 0 Å². The van der Waals surface area contributed by atoms with Crippen molar-refractivity contribution in [2.45, 2.75) is 38.3 Å². The predicted molar refractivity (Wildman–Crippen MR) is 80.2 cm³/mol. The molecule has 1 N–H and O–H groups in total. The molecule has 1 aromatic carbocycles. The van der Waals surface area contributed by atoms with Crippen molar-refractivity contribution in [1.29, 1.82) is 0 Å². The van der Waals surface area contributed by atoms with Crippen LogP contribution in [0.5, 0.6) is 0 Å². The van der Waals surface area contributed by atoms with E-state index >= 15 is 0 Å². The van der Waals surface area contributed by atoms with Gasteiger partial charge in [0.1, 0.15) is 0 Å². The Morgan fingerprint density at radius 2 is 2.05 bits per heavy atom. The summed E-state index contributed by atoms with van der Waals surface area (Å²) in [6.07, 6.45) is 5.19. The van der Waals surface area contributed by atoms with E-state index in [0.717, 1.165) is 25.7 Å². The van der Waals surface area contributed by atoms with E-state index in [9.17, 15) is 0 Å². The third-order valence-electron chi connectivity index (χ3n) is 4.10. The zero-order chi connectivity index (χ0) is 13.1. The third-order valence-corrected chi connectivity index (χ3v) is 4.10. The summed E-state index contributed by atoms with van der Waals surface area (Å²) in [4.78, 5) is 2.54. The van der Waals surface area contributed by atoms with Gasteiger partial charge in [0.05, 0.1) is 0 Å². The van der Waals surface area contributed by atoms with Crippen molar-refractivity contribution in [3.05, 3.63) is 47.5 Å². The summed E-state index contributed by atoms with van der Waals surface area (Å²) in [5, 5.41) is 3.55. The van der Waals surface area contributed by atoms with Crippen LogP contribution in [0.4, 0.5) is 0 Å². The fourth-order valence-corrected chi connectivity index (χ4v) is 2.85. The SMILES string of the molecule is C=C(CNC1CC1)CN1CCCc2ccccc2C1. The largest absolute Gasteiger partial charge is 0.310 e. The standard InChI is InChI=1S/C17H24N2/c1-14(11-18-17-8-9-17)12-19-10-4-7-15-5-2-3-6-16(15)13-19/h2-3,5-6,17-18H,1,4,7-13H2. The van der Waals surface area contributed by atoms with Crippen LogP contribution in [0.25, 0.3) is 0 Å². The van der Waals surface area contributed by atoms with Crippen LogP contribution in [0.15, 0.2) is 36.4 Å². The van der Waals surface area contributed by atoms with Gasteiger partial charge >= 0.3 is 0 Å².